The summed E-state index contributed by atoms with van der Waals surface area (Å²) in [5.41, 5.74) is 0.584. The molecule has 2 N–H and O–H groups in total. The zero-order valence-electron chi connectivity index (χ0n) is 12.5. The molecule has 20 heavy (non-hydrogen) atoms. The van der Waals surface area contributed by atoms with Crippen molar-refractivity contribution in [3.8, 4) is 0 Å². The van der Waals surface area contributed by atoms with Gasteiger partial charge in [0.2, 0.25) is 0 Å². The largest absolute Gasteiger partial charge is 0.394 e. The molecule has 0 amide bonds. The summed E-state index contributed by atoms with van der Waals surface area (Å²) < 4.78 is 0. The van der Waals surface area contributed by atoms with Crippen LogP contribution in [0.5, 0.6) is 0 Å². The van der Waals surface area contributed by atoms with E-state index in [2.05, 4.69) is 22.2 Å². The molecule has 1 aliphatic carbocycles. The van der Waals surface area contributed by atoms with Gasteiger partial charge in [-0.25, -0.2) is 9.97 Å². The average molecular weight is 298 g/mol. The van der Waals surface area contributed by atoms with Crippen LogP contribution in [0, 0.1) is 12.8 Å². The van der Waals surface area contributed by atoms with Crippen LogP contribution in [0.2, 0.25) is 5.15 Å². The first-order valence-corrected chi connectivity index (χ1v) is 7.79. The van der Waals surface area contributed by atoms with Gasteiger partial charge in [-0.1, -0.05) is 38.3 Å². The molecule has 2 atom stereocenters. The summed E-state index contributed by atoms with van der Waals surface area (Å²) in [7, 11) is 0. The molecule has 112 valence electrons. The van der Waals surface area contributed by atoms with Crippen molar-refractivity contribution in [3.63, 3.8) is 0 Å². The molecule has 2 rings (SSSR count). The predicted octanol–water partition coefficient (Wildman–Crippen LogP) is 3.35. The standard InChI is InChI=1S/C15H24ClN3O/c1-4-12-17-13(16)11(3)14(18-12)19-15(9-20)7-5-6-10(2)8-15/h10,20H,4-9H2,1-3H3,(H,17,18,19). The number of halogens is 1. The number of nitrogens with zero attached hydrogens (tertiary/aromatic N) is 2. The van der Waals surface area contributed by atoms with Crippen molar-refractivity contribution in [2.75, 3.05) is 11.9 Å². The van der Waals surface area contributed by atoms with Gasteiger partial charge < -0.3 is 10.4 Å². The Hall–Kier alpha value is -0.870. The van der Waals surface area contributed by atoms with Gasteiger partial charge >= 0.3 is 0 Å². The highest BCUT2D eigenvalue weighted by Crippen LogP contribution is 2.35. The maximum atomic E-state index is 9.87. The number of hydrogen-bond acceptors (Lipinski definition) is 4. The number of hydrogen-bond donors (Lipinski definition) is 2. The molecule has 1 fully saturated rings. The van der Waals surface area contributed by atoms with E-state index in [1.54, 1.807) is 0 Å². The number of rotatable bonds is 4. The van der Waals surface area contributed by atoms with Crippen LogP contribution < -0.4 is 5.32 Å². The Morgan fingerprint density at radius 2 is 2.20 bits per heavy atom. The summed E-state index contributed by atoms with van der Waals surface area (Å²) in [6, 6.07) is 0. The second-order valence-electron chi connectivity index (χ2n) is 6.02. The first-order chi connectivity index (χ1) is 9.49. The van der Waals surface area contributed by atoms with Crippen LogP contribution in [0.15, 0.2) is 0 Å². The molecule has 4 nitrogen and oxygen atoms in total. The van der Waals surface area contributed by atoms with Crippen LogP contribution in [0.1, 0.15) is 50.9 Å². The Morgan fingerprint density at radius 3 is 2.80 bits per heavy atom. The van der Waals surface area contributed by atoms with Crippen LogP contribution in [0.25, 0.3) is 0 Å². The molecule has 0 bridgehead atoms. The minimum Gasteiger partial charge on any atom is -0.394 e. The number of aryl methyl sites for hydroxylation is 1. The van der Waals surface area contributed by atoms with E-state index in [0.717, 1.165) is 42.9 Å². The Morgan fingerprint density at radius 1 is 1.45 bits per heavy atom. The van der Waals surface area contributed by atoms with E-state index in [0.29, 0.717) is 11.1 Å². The summed E-state index contributed by atoms with van der Waals surface area (Å²) in [6.45, 7) is 6.29. The smallest absolute Gasteiger partial charge is 0.137 e. The summed E-state index contributed by atoms with van der Waals surface area (Å²) in [6.07, 6.45) is 5.04. The zero-order chi connectivity index (χ0) is 14.8. The maximum absolute atomic E-state index is 9.87. The molecule has 1 aliphatic rings. The van der Waals surface area contributed by atoms with Crippen LogP contribution in [-0.4, -0.2) is 27.2 Å². The van der Waals surface area contributed by atoms with Crippen molar-refractivity contribution in [1.82, 2.24) is 9.97 Å². The number of aromatic nitrogens is 2. The molecular formula is C15H24ClN3O. The Kier molecular flexibility index (Phi) is 4.86. The first kappa shape index (κ1) is 15.5. The molecule has 1 aromatic rings. The molecule has 0 aliphatic heterocycles. The zero-order valence-corrected chi connectivity index (χ0v) is 13.3. The lowest BCUT2D eigenvalue weighted by molar-refractivity contribution is 0.149. The van der Waals surface area contributed by atoms with Gasteiger partial charge in [-0.3, -0.25) is 0 Å². The van der Waals surface area contributed by atoms with Gasteiger partial charge in [-0.15, -0.1) is 0 Å². The van der Waals surface area contributed by atoms with Gasteiger partial charge in [0, 0.05) is 12.0 Å². The molecule has 0 spiro atoms. The minimum atomic E-state index is -0.273. The van der Waals surface area contributed by atoms with Gasteiger partial charge in [0.1, 0.15) is 16.8 Å². The summed E-state index contributed by atoms with van der Waals surface area (Å²) >= 11 is 6.18. The fraction of sp³-hybridized carbons (Fsp3) is 0.733. The highest BCUT2D eigenvalue weighted by atomic mass is 35.5. The van der Waals surface area contributed by atoms with Crippen molar-refractivity contribution >= 4 is 17.4 Å². The molecule has 1 saturated carbocycles. The van der Waals surface area contributed by atoms with E-state index in [1.807, 2.05) is 13.8 Å². The predicted molar refractivity (Wildman–Crippen MR) is 82.2 cm³/mol. The molecule has 0 aromatic carbocycles. The molecule has 0 saturated heterocycles. The van der Waals surface area contributed by atoms with E-state index >= 15 is 0 Å². The molecular weight excluding hydrogens is 274 g/mol. The maximum Gasteiger partial charge on any atom is 0.137 e. The van der Waals surface area contributed by atoms with Crippen LogP contribution in [0.4, 0.5) is 5.82 Å². The van der Waals surface area contributed by atoms with E-state index in [4.69, 9.17) is 11.6 Å². The lowest BCUT2D eigenvalue weighted by Crippen LogP contribution is -2.46. The quantitative estimate of drug-likeness (QED) is 0.837. The number of nitrogens with one attached hydrogen (secondary N) is 1. The highest BCUT2D eigenvalue weighted by molar-refractivity contribution is 6.30. The van der Waals surface area contributed by atoms with Crippen molar-refractivity contribution in [1.29, 1.82) is 0 Å². The summed E-state index contributed by atoms with van der Waals surface area (Å²) in [4.78, 5) is 8.81. The van der Waals surface area contributed by atoms with Gasteiger partial charge in [0.05, 0.1) is 12.1 Å². The Labute approximate surface area is 126 Å². The highest BCUT2D eigenvalue weighted by Gasteiger charge is 2.35. The van der Waals surface area contributed by atoms with E-state index in [9.17, 15) is 5.11 Å². The molecule has 1 heterocycles. The van der Waals surface area contributed by atoms with Crippen LogP contribution in [-0.2, 0) is 6.42 Å². The number of aliphatic hydroxyl groups is 1. The van der Waals surface area contributed by atoms with Crippen LogP contribution >= 0.6 is 11.6 Å². The van der Waals surface area contributed by atoms with Crippen molar-refractivity contribution in [2.45, 2.75) is 58.4 Å². The van der Waals surface area contributed by atoms with E-state index in [-0.39, 0.29) is 12.1 Å². The van der Waals surface area contributed by atoms with E-state index < -0.39 is 0 Å². The summed E-state index contributed by atoms with van der Waals surface area (Å²) in [5.74, 6) is 2.12. The van der Waals surface area contributed by atoms with Gasteiger partial charge in [-0.2, -0.15) is 0 Å². The number of anilines is 1. The number of aliphatic hydroxyl groups excluding tert-OH is 1. The Bertz CT molecular complexity index is 480. The van der Waals surface area contributed by atoms with Gasteiger partial charge in [-0.05, 0) is 25.7 Å². The average Bonchev–Trinajstić information content (AvgIpc) is 2.43. The first-order valence-electron chi connectivity index (χ1n) is 7.41. The minimum absolute atomic E-state index is 0.125. The van der Waals surface area contributed by atoms with Gasteiger partial charge in [0.15, 0.2) is 0 Å². The fourth-order valence-corrected chi connectivity index (χ4v) is 3.21. The normalized spacial score (nSPS) is 26.6. The Balaban J connectivity index is 2.29. The molecule has 0 radical (unpaired) electrons. The van der Waals surface area contributed by atoms with Crippen molar-refractivity contribution in [3.05, 3.63) is 16.5 Å². The monoisotopic (exact) mass is 297 g/mol. The molecule has 1 aromatic heterocycles. The second-order valence-corrected chi connectivity index (χ2v) is 6.38. The van der Waals surface area contributed by atoms with E-state index in [1.165, 1.54) is 6.42 Å². The van der Waals surface area contributed by atoms with Crippen molar-refractivity contribution in [2.24, 2.45) is 5.92 Å². The topological polar surface area (TPSA) is 58.0 Å². The molecule has 5 heteroatoms. The lowest BCUT2D eigenvalue weighted by atomic mass is 9.77. The third-order valence-corrected chi connectivity index (χ3v) is 4.59. The fourth-order valence-electron chi connectivity index (χ4n) is 3.02. The van der Waals surface area contributed by atoms with Crippen molar-refractivity contribution < 1.29 is 5.11 Å². The molecule has 2 unspecified atom stereocenters. The second kappa shape index (κ2) is 6.27. The lowest BCUT2D eigenvalue weighted by Gasteiger charge is -2.40. The SMILES string of the molecule is CCc1nc(Cl)c(C)c(NC2(CO)CCCC(C)C2)n1. The van der Waals surface area contributed by atoms with Crippen LogP contribution in [0.3, 0.4) is 0 Å². The third kappa shape index (κ3) is 3.23. The summed E-state index contributed by atoms with van der Waals surface area (Å²) in [5, 5.41) is 13.8. The third-order valence-electron chi connectivity index (χ3n) is 4.23. The van der Waals surface area contributed by atoms with Gasteiger partial charge in [0.25, 0.3) is 0 Å².